The van der Waals surface area contributed by atoms with E-state index in [0.29, 0.717) is 20.6 Å². The summed E-state index contributed by atoms with van der Waals surface area (Å²) in [4.78, 5) is 29.2. The quantitative estimate of drug-likeness (QED) is 0.265. The van der Waals surface area contributed by atoms with Crippen LogP contribution in [0.25, 0.3) is 0 Å². The Labute approximate surface area is 261 Å². The van der Waals surface area contributed by atoms with Crippen molar-refractivity contribution < 1.29 is 18.0 Å². The third-order valence-corrected chi connectivity index (χ3v) is 8.39. The average molecular weight is 659 g/mol. The number of halogens is 4. The molecular formula is C29H31Cl4N3O4S. The fourth-order valence-electron chi connectivity index (χ4n) is 4.14. The van der Waals surface area contributed by atoms with E-state index < -0.39 is 40.0 Å². The van der Waals surface area contributed by atoms with Crippen molar-refractivity contribution in [1.29, 1.82) is 0 Å². The van der Waals surface area contributed by atoms with Crippen LogP contribution in [0.15, 0.2) is 66.7 Å². The molecule has 3 aromatic rings. The number of amides is 2. The van der Waals surface area contributed by atoms with Gasteiger partial charge in [0.2, 0.25) is 21.8 Å². The number of carbonyl (C=O) groups is 2. The Hall–Kier alpha value is -2.49. The fourth-order valence-corrected chi connectivity index (χ4v) is 6.08. The summed E-state index contributed by atoms with van der Waals surface area (Å²) >= 11 is 25.3. The number of anilines is 1. The van der Waals surface area contributed by atoms with Crippen molar-refractivity contribution in [3.8, 4) is 0 Å². The molecule has 3 rings (SSSR count). The summed E-state index contributed by atoms with van der Waals surface area (Å²) in [5, 5.41) is 3.89. The standard InChI is InChI=1S/C29H31Cl4N3O4S/c1-29(2,3)34-28(38)26(15-19-9-6-5-7-10-19)35(17-21-22(31)11-8-12-23(21)32)27(37)18-36(41(4,39)40)25-14-13-20(30)16-24(25)33/h5-14,16,26H,15,17-18H2,1-4H3,(H,34,38)/t26-/m1/s1. The minimum Gasteiger partial charge on any atom is -0.350 e. The summed E-state index contributed by atoms with van der Waals surface area (Å²) in [5.74, 6) is -1.09. The molecule has 0 bridgehead atoms. The number of sulfonamides is 1. The first kappa shape index (κ1) is 33.0. The van der Waals surface area contributed by atoms with E-state index in [0.717, 1.165) is 16.1 Å². The highest BCUT2D eigenvalue weighted by Gasteiger charge is 2.35. The second kappa shape index (κ2) is 13.7. The number of benzene rings is 3. The van der Waals surface area contributed by atoms with E-state index in [-0.39, 0.29) is 23.7 Å². The molecule has 3 aromatic carbocycles. The van der Waals surface area contributed by atoms with Crippen LogP contribution in [0.1, 0.15) is 31.9 Å². The van der Waals surface area contributed by atoms with Gasteiger partial charge >= 0.3 is 0 Å². The monoisotopic (exact) mass is 657 g/mol. The van der Waals surface area contributed by atoms with Gasteiger partial charge in [0.25, 0.3) is 0 Å². The highest BCUT2D eigenvalue weighted by molar-refractivity contribution is 7.92. The first-order valence-corrected chi connectivity index (χ1v) is 15.9. The highest BCUT2D eigenvalue weighted by Crippen LogP contribution is 2.32. The van der Waals surface area contributed by atoms with Gasteiger partial charge in [-0.1, -0.05) is 82.8 Å². The fraction of sp³-hybridized carbons (Fsp3) is 0.310. The van der Waals surface area contributed by atoms with Crippen molar-refractivity contribution >= 4 is 73.9 Å². The zero-order chi connectivity index (χ0) is 30.5. The Morgan fingerprint density at radius 1 is 0.878 bits per heavy atom. The van der Waals surface area contributed by atoms with Crippen LogP contribution < -0.4 is 9.62 Å². The topological polar surface area (TPSA) is 86.8 Å². The lowest BCUT2D eigenvalue weighted by Crippen LogP contribution is -2.56. The first-order valence-electron chi connectivity index (χ1n) is 12.6. The van der Waals surface area contributed by atoms with Gasteiger partial charge in [-0.25, -0.2) is 8.42 Å². The Morgan fingerprint density at radius 3 is 2.02 bits per heavy atom. The molecule has 12 heteroatoms. The average Bonchev–Trinajstić information content (AvgIpc) is 2.85. The molecule has 0 aromatic heterocycles. The van der Waals surface area contributed by atoms with E-state index in [1.807, 2.05) is 51.1 Å². The maximum Gasteiger partial charge on any atom is 0.244 e. The van der Waals surface area contributed by atoms with Crippen molar-refractivity contribution in [2.24, 2.45) is 0 Å². The zero-order valence-electron chi connectivity index (χ0n) is 23.0. The normalized spacial score (nSPS) is 12.5. The molecule has 0 unspecified atom stereocenters. The van der Waals surface area contributed by atoms with Gasteiger partial charge in [0.15, 0.2) is 0 Å². The molecule has 0 aliphatic heterocycles. The third-order valence-electron chi connectivity index (χ3n) is 6.02. The molecule has 0 fully saturated rings. The molecule has 0 saturated heterocycles. The van der Waals surface area contributed by atoms with Gasteiger partial charge in [0.1, 0.15) is 12.6 Å². The molecular weight excluding hydrogens is 628 g/mol. The molecule has 0 radical (unpaired) electrons. The summed E-state index contributed by atoms with van der Waals surface area (Å²) < 4.78 is 26.7. The first-order chi connectivity index (χ1) is 19.1. The molecule has 0 heterocycles. The van der Waals surface area contributed by atoms with E-state index in [1.165, 1.54) is 23.1 Å². The number of hydrogen-bond donors (Lipinski definition) is 1. The highest BCUT2D eigenvalue weighted by atomic mass is 35.5. The molecule has 0 aliphatic carbocycles. The molecule has 1 atom stereocenters. The summed E-state index contributed by atoms with van der Waals surface area (Å²) in [6.45, 7) is 4.69. The van der Waals surface area contributed by atoms with Crippen molar-refractivity contribution in [2.45, 2.75) is 45.3 Å². The summed E-state index contributed by atoms with van der Waals surface area (Å²) in [5.41, 5.74) is 0.672. The minimum atomic E-state index is -4.00. The van der Waals surface area contributed by atoms with Crippen LogP contribution in [0.3, 0.4) is 0 Å². The molecule has 7 nitrogen and oxygen atoms in total. The minimum absolute atomic E-state index is 0.0442. The predicted molar refractivity (Wildman–Crippen MR) is 167 cm³/mol. The number of nitrogens with one attached hydrogen (secondary N) is 1. The van der Waals surface area contributed by atoms with Crippen LogP contribution in [0, 0.1) is 0 Å². The van der Waals surface area contributed by atoms with Gasteiger partial charge in [-0.2, -0.15) is 0 Å². The molecule has 0 saturated carbocycles. The lowest BCUT2D eigenvalue weighted by atomic mass is 10.0. The van der Waals surface area contributed by atoms with Gasteiger partial charge in [-0.3, -0.25) is 13.9 Å². The van der Waals surface area contributed by atoms with Gasteiger partial charge in [0, 0.05) is 39.1 Å². The van der Waals surface area contributed by atoms with E-state index in [9.17, 15) is 18.0 Å². The van der Waals surface area contributed by atoms with Crippen molar-refractivity contribution in [1.82, 2.24) is 10.2 Å². The van der Waals surface area contributed by atoms with Crippen LogP contribution in [0.2, 0.25) is 20.1 Å². The Balaban J connectivity index is 2.14. The molecule has 1 N–H and O–H groups in total. The summed E-state index contributed by atoms with van der Waals surface area (Å²) in [6.07, 6.45) is 1.12. The van der Waals surface area contributed by atoms with Gasteiger partial charge in [-0.15, -0.1) is 0 Å². The summed E-state index contributed by atoms with van der Waals surface area (Å²) in [6, 6.07) is 17.4. The number of hydrogen-bond acceptors (Lipinski definition) is 4. The van der Waals surface area contributed by atoms with E-state index in [4.69, 9.17) is 46.4 Å². The number of carbonyl (C=O) groups excluding carboxylic acids is 2. The Morgan fingerprint density at radius 2 is 1.49 bits per heavy atom. The van der Waals surface area contributed by atoms with E-state index >= 15 is 0 Å². The van der Waals surface area contributed by atoms with Gasteiger partial charge in [-0.05, 0) is 56.7 Å². The lowest BCUT2D eigenvalue weighted by Gasteiger charge is -2.35. The van der Waals surface area contributed by atoms with Crippen molar-refractivity contribution in [2.75, 3.05) is 17.1 Å². The van der Waals surface area contributed by atoms with Crippen molar-refractivity contribution in [3.05, 3.63) is 97.9 Å². The largest absolute Gasteiger partial charge is 0.350 e. The maximum absolute atomic E-state index is 14.2. The number of nitrogens with zero attached hydrogens (tertiary/aromatic N) is 2. The number of rotatable bonds is 10. The van der Waals surface area contributed by atoms with Gasteiger partial charge in [0.05, 0.1) is 17.0 Å². The Kier molecular flexibility index (Phi) is 11.0. The smallest absolute Gasteiger partial charge is 0.244 e. The van der Waals surface area contributed by atoms with Gasteiger partial charge < -0.3 is 10.2 Å². The van der Waals surface area contributed by atoms with E-state index in [2.05, 4.69) is 5.32 Å². The molecule has 2 amide bonds. The molecule has 0 aliphatic rings. The maximum atomic E-state index is 14.2. The summed E-state index contributed by atoms with van der Waals surface area (Å²) in [7, 11) is -4.00. The zero-order valence-corrected chi connectivity index (χ0v) is 26.8. The van der Waals surface area contributed by atoms with Crippen LogP contribution in [0.5, 0.6) is 0 Å². The predicted octanol–water partition coefficient (Wildman–Crippen LogP) is 6.62. The SMILES string of the molecule is CC(C)(C)NC(=O)[C@@H](Cc1ccccc1)N(Cc1c(Cl)cccc1Cl)C(=O)CN(c1ccc(Cl)cc1Cl)S(C)(=O)=O. The van der Waals surface area contributed by atoms with Crippen LogP contribution in [-0.4, -0.2) is 49.5 Å². The lowest BCUT2D eigenvalue weighted by molar-refractivity contribution is -0.140. The molecule has 220 valence electrons. The van der Waals surface area contributed by atoms with Crippen LogP contribution >= 0.6 is 46.4 Å². The molecule has 41 heavy (non-hydrogen) atoms. The van der Waals surface area contributed by atoms with Crippen LogP contribution in [0.4, 0.5) is 5.69 Å². The second-order valence-corrected chi connectivity index (χ2v) is 14.1. The third kappa shape index (κ3) is 9.25. The second-order valence-electron chi connectivity index (χ2n) is 10.5. The van der Waals surface area contributed by atoms with Crippen LogP contribution in [-0.2, 0) is 32.6 Å². The van der Waals surface area contributed by atoms with E-state index in [1.54, 1.807) is 18.2 Å². The Bertz CT molecular complexity index is 1490. The van der Waals surface area contributed by atoms with Crippen molar-refractivity contribution in [3.63, 3.8) is 0 Å². The molecule has 0 spiro atoms.